The number of aromatic nitrogens is 1. The van der Waals surface area contributed by atoms with Gasteiger partial charge >= 0.3 is 0 Å². The molecule has 7 heteroatoms. The lowest BCUT2D eigenvalue weighted by molar-refractivity contribution is 0.0773. The van der Waals surface area contributed by atoms with E-state index < -0.39 is 0 Å². The number of hydrogen-bond donors (Lipinski definition) is 0. The quantitative estimate of drug-likeness (QED) is 0.535. The molecule has 29 heavy (non-hydrogen) atoms. The summed E-state index contributed by atoms with van der Waals surface area (Å²) in [6.45, 7) is 4.93. The zero-order valence-electron chi connectivity index (χ0n) is 16.6. The fourth-order valence-electron chi connectivity index (χ4n) is 2.74. The summed E-state index contributed by atoms with van der Waals surface area (Å²) in [7, 11) is 1.74. The third-order valence-corrected chi connectivity index (χ3v) is 4.74. The molecule has 0 atom stereocenters. The van der Waals surface area contributed by atoms with Crippen molar-refractivity contribution in [1.29, 1.82) is 0 Å². The van der Waals surface area contributed by atoms with Crippen LogP contribution in [0.15, 0.2) is 53.1 Å². The van der Waals surface area contributed by atoms with Crippen molar-refractivity contribution in [3.63, 3.8) is 0 Å². The second-order valence-corrected chi connectivity index (χ2v) is 7.08. The van der Waals surface area contributed by atoms with Gasteiger partial charge in [-0.2, -0.15) is 0 Å². The van der Waals surface area contributed by atoms with Gasteiger partial charge in [-0.1, -0.05) is 22.8 Å². The van der Waals surface area contributed by atoms with Crippen molar-refractivity contribution < 1.29 is 18.8 Å². The summed E-state index contributed by atoms with van der Waals surface area (Å²) in [6.07, 6.45) is 0. The van der Waals surface area contributed by atoms with Crippen molar-refractivity contribution in [2.24, 2.45) is 0 Å². The number of hydrogen-bond acceptors (Lipinski definition) is 5. The SMILES string of the molecule is Cc1noc(C)c1COc1ccc(C(=O)N(C)CCOc2cccc(Cl)c2)cc1. The highest BCUT2D eigenvalue weighted by molar-refractivity contribution is 6.30. The molecule has 6 nitrogen and oxygen atoms in total. The van der Waals surface area contributed by atoms with Crippen molar-refractivity contribution in [3.05, 3.63) is 76.1 Å². The standard InChI is InChI=1S/C22H23ClN2O4/c1-15-21(16(2)29-24-15)14-28-19-9-7-17(8-10-19)22(26)25(3)11-12-27-20-6-4-5-18(23)13-20/h4-10,13H,11-12,14H2,1-3H3. The van der Waals surface area contributed by atoms with Gasteiger partial charge in [-0.25, -0.2) is 0 Å². The van der Waals surface area contributed by atoms with E-state index in [1.807, 2.05) is 26.0 Å². The summed E-state index contributed by atoms with van der Waals surface area (Å²) in [5, 5.41) is 4.53. The van der Waals surface area contributed by atoms with Gasteiger partial charge in [0.15, 0.2) is 0 Å². The highest BCUT2D eigenvalue weighted by atomic mass is 35.5. The van der Waals surface area contributed by atoms with Gasteiger partial charge in [0.25, 0.3) is 5.91 Å². The molecule has 0 fully saturated rings. The molecule has 0 aliphatic rings. The smallest absolute Gasteiger partial charge is 0.253 e. The van der Waals surface area contributed by atoms with Crippen LogP contribution in [-0.4, -0.2) is 36.2 Å². The van der Waals surface area contributed by atoms with E-state index >= 15 is 0 Å². The Hall–Kier alpha value is -2.99. The highest BCUT2D eigenvalue weighted by Gasteiger charge is 2.13. The summed E-state index contributed by atoms with van der Waals surface area (Å²) in [6, 6.07) is 14.2. The molecule has 1 amide bonds. The maximum atomic E-state index is 12.6. The Morgan fingerprint density at radius 2 is 1.86 bits per heavy atom. The van der Waals surface area contributed by atoms with E-state index in [0.717, 1.165) is 17.0 Å². The maximum absolute atomic E-state index is 12.6. The molecule has 3 rings (SSSR count). The number of carbonyl (C=O) groups is 1. The Morgan fingerprint density at radius 1 is 1.10 bits per heavy atom. The zero-order chi connectivity index (χ0) is 20.8. The lowest BCUT2D eigenvalue weighted by Gasteiger charge is -2.18. The molecule has 1 aromatic heterocycles. The van der Waals surface area contributed by atoms with Crippen LogP contribution in [0.3, 0.4) is 0 Å². The maximum Gasteiger partial charge on any atom is 0.253 e. The highest BCUT2D eigenvalue weighted by Crippen LogP contribution is 2.19. The van der Waals surface area contributed by atoms with Crippen LogP contribution in [0.5, 0.6) is 11.5 Å². The summed E-state index contributed by atoms with van der Waals surface area (Å²) < 4.78 is 16.5. The van der Waals surface area contributed by atoms with E-state index in [1.165, 1.54) is 0 Å². The number of rotatable bonds is 8. The zero-order valence-corrected chi connectivity index (χ0v) is 17.4. The fraction of sp³-hybridized carbons (Fsp3) is 0.273. The minimum atomic E-state index is -0.0861. The van der Waals surface area contributed by atoms with Crippen LogP contribution < -0.4 is 9.47 Å². The van der Waals surface area contributed by atoms with Gasteiger partial charge in [0.05, 0.1) is 17.8 Å². The van der Waals surface area contributed by atoms with Gasteiger partial charge in [-0.3, -0.25) is 4.79 Å². The number of benzene rings is 2. The van der Waals surface area contributed by atoms with Crippen LogP contribution in [0.4, 0.5) is 0 Å². The second kappa shape index (κ2) is 9.47. The lowest BCUT2D eigenvalue weighted by atomic mass is 10.2. The van der Waals surface area contributed by atoms with E-state index in [4.69, 9.17) is 25.6 Å². The predicted octanol–water partition coefficient (Wildman–Crippen LogP) is 4.67. The third kappa shape index (κ3) is 5.51. The van der Waals surface area contributed by atoms with Gasteiger partial charge < -0.3 is 18.9 Å². The number of carbonyl (C=O) groups excluding carboxylic acids is 1. The first-order valence-electron chi connectivity index (χ1n) is 9.22. The molecular weight excluding hydrogens is 392 g/mol. The number of nitrogens with zero attached hydrogens (tertiary/aromatic N) is 2. The van der Waals surface area contributed by atoms with Gasteiger partial charge in [0.2, 0.25) is 0 Å². The first kappa shape index (κ1) is 20.7. The normalized spacial score (nSPS) is 10.6. The molecule has 0 N–H and O–H groups in total. The largest absolute Gasteiger partial charge is 0.492 e. The van der Waals surface area contributed by atoms with Crippen molar-refractivity contribution in [3.8, 4) is 11.5 Å². The minimum Gasteiger partial charge on any atom is -0.492 e. The molecule has 0 spiro atoms. The van der Waals surface area contributed by atoms with Crippen LogP contribution >= 0.6 is 11.6 Å². The van der Waals surface area contributed by atoms with Gasteiger partial charge in [-0.15, -0.1) is 0 Å². The van der Waals surface area contributed by atoms with Crippen LogP contribution in [0.2, 0.25) is 5.02 Å². The molecule has 0 aliphatic heterocycles. The van der Waals surface area contributed by atoms with Crippen LogP contribution in [0.25, 0.3) is 0 Å². The molecule has 0 unspecified atom stereocenters. The Morgan fingerprint density at radius 3 is 2.52 bits per heavy atom. The molecule has 0 saturated carbocycles. The molecule has 0 saturated heterocycles. The number of amides is 1. The number of ether oxygens (including phenoxy) is 2. The topological polar surface area (TPSA) is 64.8 Å². The minimum absolute atomic E-state index is 0.0861. The monoisotopic (exact) mass is 414 g/mol. The van der Waals surface area contributed by atoms with Gasteiger partial charge in [0.1, 0.15) is 30.5 Å². The van der Waals surface area contributed by atoms with Crippen molar-refractivity contribution in [2.75, 3.05) is 20.2 Å². The average Bonchev–Trinajstić information content (AvgIpc) is 3.04. The second-order valence-electron chi connectivity index (χ2n) is 6.65. The summed E-state index contributed by atoms with van der Waals surface area (Å²) in [5.74, 6) is 2.01. The predicted molar refractivity (Wildman–Crippen MR) is 111 cm³/mol. The van der Waals surface area contributed by atoms with Gasteiger partial charge in [-0.05, 0) is 56.3 Å². The number of aryl methyl sites for hydroxylation is 2. The van der Waals surface area contributed by atoms with Crippen molar-refractivity contribution in [1.82, 2.24) is 10.1 Å². The summed E-state index contributed by atoms with van der Waals surface area (Å²) in [5.41, 5.74) is 2.33. The Balaban J connectivity index is 1.50. The lowest BCUT2D eigenvalue weighted by Crippen LogP contribution is -2.30. The molecule has 3 aromatic rings. The Bertz CT molecular complexity index is 950. The Labute approximate surface area is 175 Å². The molecular formula is C22H23ClN2O4. The molecule has 1 heterocycles. The molecule has 0 radical (unpaired) electrons. The van der Waals surface area contributed by atoms with Crippen molar-refractivity contribution in [2.45, 2.75) is 20.5 Å². The average molecular weight is 415 g/mol. The molecule has 2 aromatic carbocycles. The summed E-state index contributed by atoms with van der Waals surface area (Å²) in [4.78, 5) is 14.2. The molecule has 152 valence electrons. The summed E-state index contributed by atoms with van der Waals surface area (Å²) >= 11 is 5.93. The molecule has 0 bridgehead atoms. The van der Waals surface area contributed by atoms with Crippen molar-refractivity contribution >= 4 is 17.5 Å². The van der Waals surface area contributed by atoms with E-state index in [1.54, 1.807) is 48.3 Å². The van der Waals surface area contributed by atoms with Crippen LogP contribution in [0, 0.1) is 13.8 Å². The van der Waals surface area contributed by atoms with Crippen LogP contribution in [0.1, 0.15) is 27.4 Å². The number of likely N-dealkylation sites (N-methyl/N-ethyl adjacent to an activating group) is 1. The van der Waals surface area contributed by atoms with Crippen LogP contribution in [-0.2, 0) is 6.61 Å². The first-order valence-corrected chi connectivity index (χ1v) is 9.60. The first-order chi connectivity index (χ1) is 13.9. The Kier molecular flexibility index (Phi) is 6.77. The fourth-order valence-corrected chi connectivity index (χ4v) is 2.92. The number of halogens is 1. The molecule has 0 aliphatic carbocycles. The third-order valence-electron chi connectivity index (χ3n) is 4.50. The van der Waals surface area contributed by atoms with E-state index in [0.29, 0.717) is 41.8 Å². The van der Waals surface area contributed by atoms with E-state index in [-0.39, 0.29) is 5.91 Å². The van der Waals surface area contributed by atoms with E-state index in [2.05, 4.69) is 5.16 Å². The van der Waals surface area contributed by atoms with Gasteiger partial charge in [0, 0.05) is 17.6 Å². The van der Waals surface area contributed by atoms with E-state index in [9.17, 15) is 4.79 Å².